The quantitative estimate of drug-likeness (QED) is 0.713. The van der Waals surface area contributed by atoms with E-state index in [0.29, 0.717) is 0 Å². The number of aryl methyl sites for hydroxylation is 1. The Morgan fingerprint density at radius 1 is 1.45 bits per heavy atom. The van der Waals surface area contributed by atoms with E-state index in [1.807, 2.05) is 12.4 Å². The molecule has 0 saturated carbocycles. The SMILES string of the molecule is CCNc1cnccc1CC. The zero-order chi connectivity index (χ0) is 8.10. The molecule has 1 aromatic rings. The van der Waals surface area contributed by atoms with E-state index < -0.39 is 0 Å². The first-order valence-electron chi connectivity index (χ1n) is 4.05. The van der Waals surface area contributed by atoms with Crippen molar-refractivity contribution >= 4 is 5.69 Å². The molecule has 60 valence electrons. The smallest absolute Gasteiger partial charge is 0.0559 e. The molecule has 11 heavy (non-hydrogen) atoms. The van der Waals surface area contributed by atoms with Crippen LogP contribution in [0.15, 0.2) is 18.5 Å². The fraction of sp³-hybridized carbons (Fsp3) is 0.444. The average molecular weight is 150 g/mol. The zero-order valence-electron chi connectivity index (χ0n) is 7.09. The van der Waals surface area contributed by atoms with Crippen LogP contribution in [0.2, 0.25) is 0 Å². The number of anilines is 1. The minimum absolute atomic E-state index is 0.957. The summed E-state index contributed by atoms with van der Waals surface area (Å²) in [5.74, 6) is 0. The normalized spacial score (nSPS) is 9.64. The molecule has 0 spiro atoms. The Bertz CT molecular complexity index is 221. The van der Waals surface area contributed by atoms with Crippen LogP contribution < -0.4 is 5.32 Å². The molecular weight excluding hydrogens is 136 g/mol. The number of aromatic nitrogens is 1. The lowest BCUT2D eigenvalue weighted by molar-refractivity contribution is 1.09. The topological polar surface area (TPSA) is 24.9 Å². The van der Waals surface area contributed by atoms with Crippen LogP contribution in [-0.2, 0) is 6.42 Å². The molecule has 2 heteroatoms. The van der Waals surface area contributed by atoms with E-state index in [-0.39, 0.29) is 0 Å². The highest BCUT2D eigenvalue weighted by Crippen LogP contribution is 2.12. The Hall–Kier alpha value is -1.05. The molecule has 0 aliphatic heterocycles. The molecule has 0 atom stereocenters. The highest BCUT2D eigenvalue weighted by Gasteiger charge is 1.96. The minimum Gasteiger partial charge on any atom is -0.384 e. The van der Waals surface area contributed by atoms with Crippen molar-refractivity contribution in [3.8, 4) is 0 Å². The summed E-state index contributed by atoms with van der Waals surface area (Å²) in [6.07, 6.45) is 4.77. The number of pyridine rings is 1. The van der Waals surface area contributed by atoms with Crippen molar-refractivity contribution < 1.29 is 0 Å². The van der Waals surface area contributed by atoms with Crippen LogP contribution in [0.5, 0.6) is 0 Å². The van der Waals surface area contributed by atoms with Gasteiger partial charge >= 0.3 is 0 Å². The summed E-state index contributed by atoms with van der Waals surface area (Å²) in [4.78, 5) is 4.05. The number of hydrogen-bond acceptors (Lipinski definition) is 2. The first-order valence-corrected chi connectivity index (χ1v) is 4.05. The van der Waals surface area contributed by atoms with E-state index in [1.54, 1.807) is 0 Å². The predicted molar refractivity (Wildman–Crippen MR) is 47.8 cm³/mol. The van der Waals surface area contributed by atoms with Gasteiger partial charge in [0.25, 0.3) is 0 Å². The third-order valence-electron chi connectivity index (χ3n) is 1.66. The summed E-state index contributed by atoms with van der Waals surface area (Å²) in [6, 6.07) is 2.05. The molecule has 0 fully saturated rings. The van der Waals surface area contributed by atoms with Gasteiger partial charge in [-0.15, -0.1) is 0 Å². The molecule has 2 nitrogen and oxygen atoms in total. The molecule has 1 aromatic heterocycles. The standard InChI is InChI=1S/C9H14N2/c1-3-8-5-6-10-7-9(8)11-4-2/h5-7,11H,3-4H2,1-2H3. The first kappa shape index (κ1) is 8.05. The monoisotopic (exact) mass is 150 g/mol. The third kappa shape index (κ3) is 1.93. The van der Waals surface area contributed by atoms with Gasteiger partial charge in [-0.05, 0) is 25.0 Å². The van der Waals surface area contributed by atoms with Gasteiger partial charge in [0, 0.05) is 12.7 Å². The van der Waals surface area contributed by atoms with Crippen LogP contribution in [-0.4, -0.2) is 11.5 Å². The Morgan fingerprint density at radius 3 is 2.91 bits per heavy atom. The summed E-state index contributed by atoms with van der Waals surface area (Å²) in [5, 5.41) is 3.26. The average Bonchev–Trinajstić information content (AvgIpc) is 2.06. The molecule has 1 N–H and O–H groups in total. The van der Waals surface area contributed by atoms with Crippen molar-refractivity contribution in [2.24, 2.45) is 0 Å². The fourth-order valence-electron chi connectivity index (χ4n) is 1.08. The molecule has 1 rings (SSSR count). The molecule has 0 aliphatic rings. The molecule has 0 saturated heterocycles. The molecule has 0 aromatic carbocycles. The predicted octanol–water partition coefficient (Wildman–Crippen LogP) is 2.08. The Labute approximate surface area is 67.7 Å². The van der Waals surface area contributed by atoms with Crippen molar-refractivity contribution in [1.82, 2.24) is 4.98 Å². The zero-order valence-corrected chi connectivity index (χ0v) is 7.09. The lowest BCUT2D eigenvalue weighted by atomic mass is 10.2. The van der Waals surface area contributed by atoms with Gasteiger partial charge < -0.3 is 5.32 Å². The largest absolute Gasteiger partial charge is 0.384 e. The molecule has 0 unspecified atom stereocenters. The fourth-order valence-corrected chi connectivity index (χ4v) is 1.08. The van der Waals surface area contributed by atoms with Crippen LogP contribution in [0.4, 0.5) is 5.69 Å². The maximum Gasteiger partial charge on any atom is 0.0559 e. The van der Waals surface area contributed by atoms with E-state index >= 15 is 0 Å². The van der Waals surface area contributed by atoms with Crippen LogP contribution in [0.25, 0.3) is 0 Å². The molecular formula is C9H14N2. The van der Waals surface area contributed by atoms with Crippen LogP contribution >= 0.6 is 0 Å². The minimum atomic E-state index is 0.957. The lowest BCUT2D eigenvalue weighted by Gasteiger charge is -2.06. The van der Waals surface area contributed by atoms with E-state index in [0.717, 1.165) is 18.7 Å². The number of rotatable bonds is 3. The second-order valence-corrected chi connectivity index (χ2v) is 2.42. The van der Waals surface area contributed by atoms with E-state index in [2.05, 4.69) is 30.2 Å². The Kier molecular flexibility index (Phi) is 2.90. The van der Waals surface area contributed by atoms with Gasteiger partial charge in [0.15, 0.2) is 0 Å². The lowest BCUT2D eigenvalue weighted by Crippen LogP contribution is -2.00. The van der Waals surface area contributed by atoms with Gasteiger partial charge in [-0.25, -0.2) is 0 Å². The summed E-state index contributed by atoms with van der Waals surface area (Å²) < 4.78 is 0. The van der Waals surface area contributed by atoms with Gasteiger partial charge in [-0.2, -0.15) is 0 Å². The van der Waals surface area contributed by atoms with E-state index in [9.17, 15) is 0 Å². The third-order valence-corrected chi connectivity index (χ3v) is 1.66. The van der Waals surface area contributed by atoms with Gasteiger partial charge in [0.2, 0.25) is 0 Å². The van der Waals surface area contributed by atoms with Gasteiger partial charge in [0.1, 0.15) is 0 Å². The molecule has 0 radical (unpaired) electrons. The Balaban J connectivity index is 2.83. The van der Waals surface area contributed by atoms with Crippen molar-refractivity contribution in [2.75, 3.05) is 11.9 Å². The van der Waals surface area contributed by atoms with Crippen LogP contribution in [0.3, 0.4) is 0 Å². The maximum atomic E-state index is 4.05. The molecule has 1 heterocycles. The van der Waals surface area contributed by atoms with Crippen LogP contribution in [0.1, 0.15) is 19.4 Å². The number of nitrogens with zero attached hydrogens (tertiary/aromatic N) is 1. The van der Waals surface area contributed by atoms with Crippen molar-refractivity contribution in [2.45, 2.75) is 20.3 Å². The second-order valence-electron chi connectivity index (χ2n) is 2.42. The second kappa shape index (κ2) is 3.96. The van der Waals surface area contributed by atoms with Crippen LogP contribution in [0, 0.1) is 0 Å². The summed E-state index contributed by atoms with van der Waals surface area (Å²) in [6.45, 7) is 5.20. The highest BCUT2D eigenvalue weighted by molar-refractivity contribution is 5.48. The van der Waals surface area contributed by atoms with Gasteiger partial charge in [-0.3, -0.25) is 4.98 Å². The van der Waals surface area contributed by atoms with Crippen molar-refractivity contribution in [1.29, 1.82) is 0 Å². The van der Waals surface area contributed by atoms with E-state index in [4.69, 9.17) is 0 Å². The molecule has 0 bridgehead atoms. The van der Waals surface area contributed by atoms with Gasteiger partial charge in [0.05, 0.1) is 11.9 Å². The van der Waals surface area contributed by atoms with Crippen molar-refractivity contribution in [3.05, 3.63) is 24.0 Å². The summed E-state index contributed by atoms with van der Waals surface area (Å²) in [7, 11) is 0. The maximum absolute atomic E-state index is 4.05. The molecule has 0 aliphatic carbocycles. The summed E-state index contributed by atoms with van der Waals surface area (Å²) >= 11 is 0. The van der Waals surface area contributed by atoms with Gasteiger partial charge in [-0.1, -0.05) is 6.92 Å². The van der Waals surface area contributed by atoms with Crippen molar-refractivity contribution in [3.63, 3.8) is 0 Å². The number of hydrogen-bond donors (Lipinski definition) is 1. The van der Waals surface area contributed by atoms with E-state index in [1.165, 1.54) is 5.56 Å². The Morgan fingerprint density at radius 2 is 2.27 bits per heavy atom. The first-order chi connectivity index (χ1) is 5.38. The number of nitrogens with one attached hydrogen (secondary N) is 1. The highest BCUT2D eigenvalue weighted by atomic mass is 14.9. The molecule has 0 amide bonds. The summed E-state index contributed by atoms with van der Waals surface area (Å²) in [5.41, 5.74) is 2.50.